The smallest absolute Gasteiger partial charge is 0.342 e. The van der Waals surface area contributed by atoms with Crippen LogP contribution in [0.1, 0.15) is 30.6 Å². The largest absolute Gasteiger partial charge is 0.491 e. The van der Waals surface area contributed by atoms with Crippen LogP contribution in [0.5, 0.6) is 5.75 Å². The van der Waals surface area contributed by atoms with Gasteiger partial charge in [-0.15, -0.1) is 0 Å². The van der Waals surface area contributed by atoms with Crippen LogP contribution in [0.25, 0.3) is 0 Å². The molecule has 0 heterocycles. The van der Waals surface area contributed by atoms with Gasteiger partial charge < -0.3 is 19.9 Å². The van der Waals surface area contributed by atoms with Crippen molar-refractivity contribution in [2.45, 2.75) is 20.3 Å². The predicted molar refractivity (Wildman–Crippen MR) is 73.4 cm³/mol. The highest BCUT2D eigenvalue weighted by Crippen LogP contribution is 2.26. The molecule has 0 amide bonds. The number of nitrogens with two attached hydrogens (primary N) is 1. The Bertz CT molecular complexity index is 406. The number of benzene rings is 1. The van der Waals surface area contributed by atoms with E-state index in [4.69, 9.17) is 19.9 Å². The molecular weight excluding hydrogens is 246 g/mol. The van der Waals surface area contributed by atoms with Crippen molar-refractivity contribution in [2.24, 2.45) is 0 Å². The first kappa shape index (κ1) is 15.3. The van der Waals surface area contributed by atoms with Crippen molar-refractivity contribution in [3.05, 3.63) is 23.8 Å². The van der Waals surface area contributed by atoms with Crippen LogP contribution >= 0.6 is 0 Å². The van der Waals surface area contributed by atoms with Gasteiger partial charge >= 0.3 is 5.97 Å². The van der Waals surface area contributed by atoms with Gasteiger partial charge in [-0.1, -0.05) is 13.0 Å². The summed E-state index contributed by atoms with van der Waals surface area (Å²) >= 11 is 0. The fourth-order valence-corrected chi connectivity index (χ4v) is 1.54. The molecule has 0 saturated carbocycles. The molecule has 1 aromatic rings. The molecule has 0 spiro atoms. The van der Waals surface area contributed by atoms with Crippen LogP contribution in [0.4, 0.5) is 5.69 Å². The maximum absolute atomic E-state index is 11.9. The van der Waals surface area contributed by atoms with E-state index in [-0.39, 0.29) is 6.61 Å². The lowest BCUT2D eigenvalue weighted by Gasteiger charge is -2.12. The number of anilines is 1. The first-order chi connectivity index (χ1) is 9.20. The van der Waals surface area contributed by atoms with Crippen LogP contribution < -0.4 is 10.5 Å². The second-order valence-corrected chi connectivity index (χ2v) is 3.91. The average molecular weight is 267 g/mol. The fourth-order valence-electron chi connectivity index (χ4n) is 1.54. The number of carbonyl (C=O) groups excluding carboxylic acids is 1. The van der Waals surface area contributed by atoms with E-state index in [1.54, 1.807) is 18.2 Å². The Morgan fingerprint density at radius 2 is 2.00 bits per heavy atom. The lowest BCUT2D eigenvalue weighted by Crippen LogP contribution is -2.13. The van der Waals surface area contributed by atoms with Gasteiger partial charge in [0.1, 0.15) is 12.2 Å². The molecular formula is C14H21NO4. The average Bonchev–Trinajstić information content (AvgIpc) is 2.41. The minimum atomic E-state index is -0.448. The molecule has 5 nitrogen and oxygen atoms in total. The minimum Gasteiger partial charge on any atom is -0.491 e. The molecule has 106 valence electrons. The number of rotatable bonds is 8. The van der Waals surface area contributed by atoms with Gasteiger partial charge in [0.25, 0.3) is 0 Å². The van der Waals surface area contributed by atoms with Gasteiger partial charge in [-0.3, -0.25) is 0 Å². The van der Waals surface area contributed by atoms with Gasteiger partial charge in [0, 0.05) is 6.61 Å². The van der Waals surface area contributed by atoms with Crippen LogP contribution in [0, 0.1) is 0 Å². The molecule has 0 radical (unpaired) electrons. The van der Waals surface area contributed by atoms with Crippen molar-refractivity contribution < 1.29 is 19.0 Å². The first-order valence-corrected chi connectivity index (χ1v) is 6.46. The quantitative estimate of drug-likeness (QED) is 0.444. The third-order valence-electron chi connectivity index (χ3n) is 2.36. The Morgan fingerprint density at radius 1 is 1.21 bits per heavy atom. The van der Waals surface area contributed by atoms with E-state index in [1.165, 1.54) is 0 Å². The molecule has 1 aromatic carbocycles. The van der Waals surface area contributed by atoms with Crippen LogP contribution in [0.2, 0.25) is 0 Å². The Balaban J connectivity index is 2.58. The minimum absolute atomic E-state index is 0.221. The zero-order chi connectivity index (χ0) is 14.1. The molecule has 0 atom stereocenters. The van der Waals surface area contributed by atoms with Crippen molar-refractivity contribution in [1.29, 1.82) is 0 Å². The van der Waals surface area contributed by atoms with E-state index in [0.29, 0.717) is 36.8 Å². The maximum Gasteiger partial charge on any atom is 0.342 e. The highest BCUT2D eigenvalue weighted by molar-refractivity contribution is 5.94. The summed E-state index contributed by atoms with van der Waals surface area (Å²) in [7, 11) is 0. The molecule has 19 heavy (non-hydrogen) atoms. The number of carbonyl (C=O) groups is 1. The zero-order valence-corrected chi connectivity index (χ0v) is 11.5. The fraction of sp³-hybridized carbons (Fsp3) is 0.500. The lowest BCUT2D eigenvalue weighted by atomic mass is 10.2. The number of para-hydroxylation sites is 1. The number of nitrogen functional groups attached to an aromatic ring is 1. The summed E-state index contributed by atoms with van der Waals surface area (Å²) in [4.78, 5) is 11.9. The molecule has 0 saturated heterocycles. The molecule has 0 fully saturated rings. The zero-order valence-electron chi connectivity index (χ0n) is 11.5. The van der Waals surface area contributed by atoms with Gasteiger partial charge in [-0.25, -0.2) is 4.79 Å². The van der Waals surface area contributed by atoms with Crippen molar-refractivity contribution >= 4 is 11.7 Å². The van der Waals surface area contributed by atoms with Crippen LogP contribution in [-0.4, -0.2) is 32.4 Å². The van der Waals surface area contributed by atoms with Crippen molar-refractivity contribution in [2.75, 3.05) is 32.2 Å². The highest BCUT2D eigenvalue weighted by Gasteiger charge is 2.16. The molecule has 0 unspecified atom stereocenters. The number of esters is 1. The van der Waals surface area contributed by atoms with Gasteiger partial charge in [-0.05, 0) is 25.5 Å². The Morgan fingerprint density at radius 3 is 2.68 bits per heavy atom. The third-order valence-corrected chi connectivity index (χ3v) is 2.36. The summed E-state index contributed by atoms with van der Waals surface area (Å²) in [6.07, 6.45) is 0.942. The Hall–Kier alpha value is -1.75. The van der Waals surface area contributed by atoms with Gasteiger partial charge in [-0.2, -0.15) is 0 Å². The summed E-state index contributed by atoms with van der Waals surface area (Å²) in [5.41, 5.74) is 6.56. The SMILES string of the molecule is CCCOCCOC(=O)c1cccc(N)c1OCC. The summed E-state index contributed by atoms with van der Waals surface area (Å²) < 4.78 is 15.7. The van der Waals surface area contributed by atoms with Crippen molar-refractivity contribution in [1.82, 2.24) is 0 Å². The Kier molecular flexibility index (Phi) is 6.74. The molecule has 2 N–H and O–H groups in total. The van der Waals surface area contributed by atoms with Crippen LogP contribution in [0.15, 0.2) is 18.2 Å². The van der Waals surface area contributed by atoms with E-state index in [0.717, 1.165) is 6.42 Å². The van der Waals surface area contributed by atoms with E-state index in [2.05, 4.69) is 0 Å². The summed E-state index contributed by atoms with van der Waals surface area (Å²) in [5, 5.41) is 0. The summed E-state index contributed by atoms with van der Waals surface area (Å²) in [6.45, 7) is 5.58. The maximum atomic E-state index is 11.9. The number of ether oxygens (including phenoxy) is 3. The second kappa shape index (κ2) is 8.37. The molecule has 0 aromatic heterocycles. The number of hydrogen-bond donors (Lipinski definition) is 1. The standard InChI is InChI=1S/C14H21NO4/c1-3-8-17-9-10-19-14(16)11-6-5-7-12(15)13(11)18-4-2/h5-7H,3-4,8-10,15H2,1-2H3. The molecule has 0 aliphatic rings. The van der Waals surface area contributed by atoms with Crippen LogP contribution in [-0.2, 0) is 9.47 Å². The normalized spacial score (nSPS) is 10.2. The van der Waals surface area contributed by atoms with E-state index >= 15 is 0 Å². The Labute approximate surface area is 113 Å². The molecule has 1 rings (SSSR count). The summed E-state index contributed by atoms with van der Waals surface area (Å²) in [6, 6.07) is 5.02. The monoisotopic (exact) mass is 267 g/mol. The molecule has 0 aliphatic carbocycles. The number of hydrogen-bond acceptors (Lipinski definition) is 5. The van der Waals surface area contributed by atoms with Crippen molar-refractivity contribution in [3.63, 3.8) is 0 Å². The lowest BCUT2D eigenvalue weighted by molar-refractivity contribution is 0.0315. The molecule has 5 heteroatoms. The first-order valence-electron chi connectivity index (χ1n) is 6.46. The molecule has 0 aliphatic heterocycles. The highest BCUT2D eigenvalue weighted by atomic mass is 16.6. The van der Waals surface area contributed by atoms with E-state index in [9.17, 15) is 4.79 Å². The van der Waals surface area contributed by atoms with Crippen molar-refractivity contribution in [3.8, 4) is 5.75 Å². The van der Waals surface area contributed by atoms with Gasteiger partial charge in [0.05, 0.1) is 18.9 Å². The summed E-state index contributed by atoms with van der Waals surface area (Å²) in [5.74, 6) is -0.0691. The van der Waals surface area contributed by atoms with Gasteiger partial charge in [0.2, 0.25) is 0 Å². The second-order valence-electron chi connectivity index (χ2n) is 3.91. The van der Waals surface area contributed by atoms with E-state index in [1.807, 2.05) is 13.8 Å². The van der Waals surface area contributed by atoms with E-state index < -0.39 is 5.97 Å². The molecule has 0 bridgehead atoms. The van der Waals surface area contributed by atoms with Gasteiger partial charge in [0.15, 0.2) is 5.75 Å². The topological polar surface area (TPSA) is 70.8 Å². The third kappa shape index (κ3) is 4.79. The predicted octanol–water partition coefficient (Wildman–Crippen LogP) is 2.25. The van der Waals surface area contributed by atoms with Crippen LogP contribution in [0.3, 0.4) is 0 Å².